The third kappa shape index (κ3) is 4.70. The van der Waals surface area contributed by atoms with Gasteiger partial charge in [0.05, 0.1) is 12.0 Å². The van der Waals surface area contributed by atoms with Gasteiger partial charge in [0.25, 0.3) is 0 Å². The Morgan fingerprint density at radius 1 is 1.25 bits per heavy atom. The molecule has 3 aromatic rings. The minimum atomic E-state index is -0.130. The van der Waals surface area contributed by atoms with Gasteiger partial charge in [-0.2, -0.15) is 5.10 Å². The predicted octanol–water partition coefficient (Wildman–Crippen LogP) is 3.14. The highest BCUT2D eigenvalue weighted by Gasteiger charge is 2.19. The van der Waals surface area contributed by atoms with Crippen molar-refractivity contribution in [2.45, 2.75) is 20.5 Å². The molecule has 1 aromatic carbocycles. The molecule has 0 atom stereocenters. The third-order valence-corrected chi connectivity index (χ3v) is 3.60. The SMILES string of the molecule is Cc1cccc(C)c1N(Cn1cccn1)C(=O)CCl.c1c[nH]cn1. The van der Waals surface area contributed by atoms with Gasteiger partial charge in [-0.15, -0.1) is 11.6 Å². The van der Waals surface area contributed by atoms with Crippen molar-refractivity contribution >= 4 is 23.2 Å². The van der Waals surface area contributed by atoms with Crippen molar-refractivity contribution < 1.29 is 4.79 Å². The molecule has 6 nitrogen and oxygen atoms in total. The first-order valence-corrected chi connectivity index (χ1v) is 7.99. The minimum Gasteiger partial charge on any atom is -0.351 e. The topological polar surface area (TPSA) is 66.8 Å². The third-order valence-electron chi connectivity index (χ3n) is 3.38. The molecule has 0 aliphatic rings. The van der Waals surface area contributed by atoms with Crippen molar-refractivity contribution in [3.05, 3.63) is 66.5 Å². The Hall–Kier alpha value is -2.60. The number of para-hydroxylation sites is 1. The summed E-state index contributed by atoms with van der Waals surface area (Å²) in [6.07, 6.45) is 8.59. The van der Waals surface area contributed by atoms with Gasteiger partial charge in [0.15, 0.2) is 0 Å². The molecule has 0 fully saturated rings. The van der Waals surface area contributed by atoms with Gasteiger partial charge in [-0.25, -0.2) is 4.98 Å². The van der Waals surface area contributed by atoms with E-state index in [0.29, 0.717) is 6.67 Å². The summed E-state index contributed by atoms with van der Waals surface area (Å²) in [5, 5.41) is 4.14. The van der Waals surface area contributed by atoms with E-state index in [1.807, 2.05) is 44.3 Å². The zero-order chi connectivity index (χ0) is 17.4. The number of rotatable bonds is 4. The number of amides is 1. The number of carbonyl (C=O) groups is 1. The molecule has 0 aliphatic carbocycles. The number of aromatic amines is 1. The predicted molar refractivity (Wildman–Crippen MR) is 94.9 cm³/mol. The van der Waals surface area contributed by atoms with Crippen LogP contribution in [-0.2, 0) is 11.5 Å². The molecule has 1 N–H and O–H groups in total. The van der Waals surface area contributed by atoms with Crippen LogP contribution in [0.1, 0.15) is 11.1 Å². The minimum absolute atomic E-state index is 0.0466. The lowest BCUT2D eigenvalue weighted by atomic mass is 10.1. The molecule has 3 rings (SSSR count). The molecule has 0 radical (unpaired) electrons. The van der Waals surface area contributed by atoms with E-state index in [0.717, 1.165) is 16.8 Å². The Morgan fingerprint density at radius 3 is 2.46 bits per heavy atom. The molecule has 1 amide bonds. The van der Waals surface area contributed by atoms with Crippen molar-refractivity contribution in [1.29, 1.82) is 0 Å². The molecule has 0 spiro atoms. The Balaban J connectivity index is 0.000000355. The first-order chi connectivity index (χ1) is 11.6. The first-order valence-electron chi connectivity index (χ1n) is 7.46. The molecular weight excluding hydrogens is 326 g/mol. The number of nitrogens with zero attached hydrogens (tertiary/aromatic N) is 4. The van der Waals surface area contributed by atoms with E-state index in [2.05, 4.69) is 15.1 Å². The van der Waals surface area contributed by atoms with Crippen LogP contribution in [0, 0.1) is 13.8 Å². The van der Waals surface area contributed by atoms with E-state index in [4.69, 9.17) is 11.6 Å². The number of alkyl halides is 1. The number of imidazole rings is 1. The van der Waals surface area contributed by atoms with Crippen molar-refractivity contribution in [3.8, 4) is 0 Å². The lowest BCUT2D eigenvalue weighted by Gasteiger charge is -2.25. The van der Waals surface area contributed by atoms with Crippen LogP contribution in [0.4, 0.5) is 5.69 Å². The summed E-state index contributed by atoms with van der Waals surface area (Å²) in [5.41, 5.74) is 3.00. The van der Waals surface area contributed by atoms with Crippen molar-refractivity contribution in [2.24, 2.45) is 0 Å². The zero-order valence-electron chi connectivity index (χ0n) is 13.7. The normalized spacial score (nSPS) is 9.96. The number of carbonyl (C=O) groups excluding carboxylic acids is 1. The van der Waals surface area contributed by atoms with Crippen molar-refractivity contribution in [2.75, 3.05) is 10.8 Å². The van der Waals surface area contributed by atoms with E-state index in [1.165, 1.54) is 0 Å². The van der Waals surface area contributed by atoms with Crippen LogP contribution in [0.25, 0.3) is 0 Å². The summed E-state index contributed by atoms with van der Waals surface area (Å²) in [6.45, 7) is 4.34. The highest BCUT2D eigenvalue weighted by molar-refractivity contribution is 6.29. The van der Waals surface area contributed by atoms with Crippen LogP contribution < -0.4 is 4.90 Å². The van der Waals surface area contributed by atoms with Gasteiger partial charge >= 0.3 is 0 Å². The Bertz CT molecular complexity index is 703. The van der Waals surface area contributed by atoms with Gasteiger partial charge in [0.1, 0.15) is 12.5 Å². The lowest BCUT2D eigenvalue weighted by molar-refractivity contribution is -0.116. The van der Waals surface area contributed by atoms with Crippen LogP contribution in [-0.4, -0.2) is 31.5 Å². The van der Waals surface area contributed by atoms with Gasteiger partial charge in [0.2, 0.25) is 5.91 Å². The molecule has 0 aliphatic heterocycles. The highest BCUT2D eigenvalue weighted by Crippen LogP contribution is 2.25. The molecular formula is C17H20ClN5O. The second-order valence-corrected chi connectivity index (χ2v) is 5.41. The van der Waals surface area contributed by atoms with E-state index in [1.54, 1.807) is 34.5 Å². The molecule has 7 heteroatoms. The molecule has 2 aromatic heterocycles. The van der Waals surface area contributed by atoms with E-state index >= 15 is 0 Å². The van der Waals surface area contributed by atoms with Gasteiger partial charge in [-0.3, -0.25) is 14.4 Å². The van der Waals surface area contributed by atoms with E-state index in [-0.39, 0.29) is 11.8 Å². The number of halogens is 1. The second kappa shape index (κ2) is 8.88. The standard InChI is InChI=1S/C14H16ClN3O.C3H4N2/c1-11-5-3-6-12(2)14(11)18(13(19)9-15)10-17-8-4-7-16-17;1-2-5-3-4-1/h3-8H,9-10H2,1-2H3;1-3H,(H,4,5). The van der Waals surface area contributed by atoms with Gasteiger partial charge in [-0.05, 0) is 31.0 Å². The summed E-state index contributed by atoms with van der Waals surface area (Å²) in [5.74, 6) is -0.177. The highest BCUT2D eigenvalue weighted by atomic mass is 35.5. The summed E-state index contributed by atoms with van der Waals surface area (Å²) in [7, 11) is 0. The molecule has 0 unspecified atom stereocenters. The fourth-order valence-electron chi connectivity index (χ4n) is 2.32. The first kappa shape index (κ1) is 17.7. The smallest absolute Gasteiger partial charge is 0.243 e. The number of anilines is 1. The molecule has 126 valence electrons. The van der Waals surface area contributed by atoms with Crippen molar-refractivity contribution in [3.63, 3.8) is 0 Å². The van der Waals surface area contributed by atoms with E-state index in [9.17, 15) is 4.79 Å². The van der Waals surface area contributed by atoms with Crippen LogP contribution in [0.3, 0.4) is 0 Å². The number of benzene rings is 1. The second-order valence-electron chi connectivity index (χ2n) is 5.14. The summed E-state index contributed by atoms with van der Waals surface area (Å²) in [4.78, 5) is 20.2. The van der Waals surface area contributed by atoms with Gasteiger partial charge in [0, 0.05) is 24.8 Å². The monoisotopic (exact) mass is 345 g/mol. The largest absolute Gasteiger partial charge is 0.351 e. The number of hydrogen-bond acceptors (Lipinski definition) is 3. The maximum atomic E-state index is 12.1. The fraction of sp³-hybridized carbons (Fsp3) is 0.235. The average molecular weight is 346 g/mol. The zero-order valence-corrected chi connectivity index (χ0v) is 14.4. The van der Waals surface area contributed by atoms with Crippen LogP contribution in [0.5, 0.6) is 0 Å². The Kier molecular flexibility index (Phi) is 6.57. The Labute approximate surface area is 146 Å². The quantitative estimate of drug-likeness (QED) is 0.739. The number of aromatic nitrogens is 4. The van der Waals surface area contributed by atoms with Gasteiger partial charge < -0.3 is 4.98 Å². The molecule has 24 heavy (non-hydrogen) atoms. The maximum Gasteiger partial charge on any atom is 0.243 e. The lowest BCUT2D eigenvalue weighted by Crippen LogP contribution is -2.35. The summed E-state index contributed by atoms with van der Waals surface area (Å²) >= 11 is 5.72. The van der Waals surface area contributed by atoms with Crippen LogP contribution in [0.2, 0.25) is 0 Å². The number of H-pyrrole nitrogens is 1. The van der Waals surface area contributed by atoms with Crippen molar-refractivity contribution in [1.82, 2.24) is 19.7 Å². The Morgan fingerprint density at radius 2 is 2.00 bits per heavy atom. The number of nitrogens with one attached hydrogen (secondary N) is 1. The number of aryl methyl sites for hydroxylation is 2. The molecule has 0 saturated heterocycles. The molecule has 0 saturated carbocycles. The van der Waals surface area contributed by atoms with Crippen LogP contribution in [0.15, 0.2) is 55.4 Å². The van der Waals surface area contributed by atoms with Crippen LogP contribution >= 0.6 is 11.6 Å². The van der Waals surface area contributed by atoms with E-state index < -0.39 is 0 Å². The summed E-state index contributed by atoms with van der Waals surface area (Å²) < 4.78 is 1.70. The molecule has 0 bridgehead atoms. The maximum absolute atomic E-state index is 12.1. The van der Waals surface area contributed by atoms with Gasteiger partial charge in [-0.1, -0.05) is 18.2 Å². The fourth-order valence-corrected chi connectivity index (χ4v) is 2.47. The summed E-state index contributed by atoms with van der Waals surface area (Å²) in [6, 6.07) is 7.78. The molecule has 2 heterocycles. The average Bonchev–Trinajstić information content (AvgIpc) is 3.29. The number of hydrogen-bond donors (Lipinski definition) is 1.